The van der Waals surface area contributed by atoms with Gasteiger partial charge in [-0.15, -0.1) is 11.8 Å². The van der Waals surface area contributed by atoms with Gasteiger partial charge in [0.05, 0.1) is 0 Å². The first-order valence-electron chi connectivity index (χ1n) is 5.22. The number of pyridine rings is 1. The van der Waals surface area contributed by atoms with Gasteiger partial charge in [-0.1, -0.05) is 6.07 Å². The van der Waals surface area contributed by atoms with Crippen molar-refractivity contribution in [3.63, 3.8) is 0 Å². The molecule has 1 heterocycles. The lowest BCUT2D eigenvalue weighted by molar-refractivity contribution is 0.0689. The van der Waals surface area contributed by atoms with Crippen molar-refractivity contribution in [2.75, 3.05) is 0 Å². The van der Waals surface area contributed by atoms with Crippen molar-refractivity contribution >= 4 is 17.7 Å². The minimum atomic E-state index is -1.04. The van der Waals surface area contributed by atoms with Gasteiger partial charge < -0.3 is 5.11 Å². The van der Waals surface area contributed by atoms with Gasteiger partial charge in [0.1, 0.15) is 5.82 Å². The third-order valence-electron chi connectivity index (χ3n) is 2.30. The Balaban J connectivity index is 2.10. The van der Waals surface area contributed by atoms with E-state index in [1.807, 2.05) is 0 Å². The van der Waals surface area contributed by atoms with Gasteiger partial charge in [-0.3, -0.25) is 0 Å². The standard InChI is InChI=1S/C13H10FNO2S/c14-10-3-5-11(6-4-10)18-8-9-2-1-7-15-12(9)13(16)17/h1-7H,8H2,(H,16,17). The summed E-state index contributed by atoms with van der Waals surface area (Å²) >= 11 is 1.44. The topological polar surface area (TPSA) is 50.2 Å². The Morgan fingerprint density at radius 1 is 1.28 bits per heavy atom. The lowest BCUT2D eigenvalue weighted by Crippen LogP contribution is -2.04. The van der Waals surface area contributed by atoms with Gasteiger partial charge in [0.25, 0.3) is 0 Å². The number of thioether (sulfide) groups is 1. The maximum Gasteiger partial charge on any atom is 0.354 e. The number of carbonyl (C=O) groups is 1. The monoisotopic (exact) mass is 263 g/mol. The Hall–Kier alpha value is -1.88. The van der Waals surface area contributed by atoms with E-state index in [0.717, 1.165) is 4.90 Å². The lowest BCUT2D eigenvalue weighted by Gasteiger charge is -2.04. The van der Waals surface area contributed by atoms with E-state index in [9.17, 15) is 9.18 Å². The molecule has 92 valence electrons. The summed E-state index contributed by atoms with van der Waals surface area (Å²) < 4.78 is 12.7. The highest BCUT2D eigenvalue weighted by molar-refractivity contribution is 7.98. The number of benzene rings is 1. The molecule has 0 saturated carbocycles. The molecule has 0 amide bonds. The zero-order valence-corrected chi connectivity index (χ0v) is 10.2. The van der Waals surface area contributed by atoms with Gasteiger partial charge in [0.2, 0.25) is 0 Å². The Bertz CT molecular complexity index is 557. The molecule has 18 heavy (non-hydrogen) atoms. The molecule has 0 radical (unpaired) electrons. The number of aromatic nitrogens is 1. The molecule has 0 spiro atoms. The smallest absolute Gasteiger partial charge is 0.354 e. The van der Waals surface area contributed by atoms with Gasteiger partial charge in [-0.25, -0.2) is 14.2 Å². The fourth-order valence-corrected chi connectivity index (χ4v) is 2.32. The van der Waals surface area contributed by atoms with Crippen LogP contribution in [-0.4, -0.2) is 16.1 Å². The number of hydrogen-bond donors (Lipinski definition) is 1. The van der Waals surface area contributed by atoms with Crippen LogP contribution in [0.25, 0.3) is 0 Å². The first-order valence-corrected chi connectivity index (χ1v) is 6.21. The number of rotatable bonds is 4. The molecule has 1 aromatic heterocycles. The van der Waals surface area contributed by atoms with E-state index >= 15 is 0 Å². The van der Waals surface area contributed by atoms with Crippen LogP contribution in [0.1, 0.15) is 16.1 Å². The van der Waals surface area contributed by atoms with Gasteiger partial charge >= 0.3 is 5.97 Å². The predicted molar refractivity (Wildman–Crippen MR) is 67.2 cm³/mol. The average Bonchev–Trinajstić information content (AvgIpc) is 2.38. The van der Waals surface area contributed by atoms with Crippen molar-refractivity contribution in [1.82, 2.24) is 4.98 Å². The number of hydrogen-bond acceptors (Lipinski definition) is 3. The summed E-state index contributed by atoms with van der Waals surface area (Å²) in [5.74, 6) is -0.835. The summed E-state index contributed by atoms with van der Waals surface area (Å²) in [4.78, 5) is 15.7. The SMILES string of the molecule is O=C(O)c1ncccc1CSc1ccc(F)cc1. The van der Waals surface area contributed by atoms with Crippen LogP contribution in [-0.2, 0) is 5.75 Å². The second kappa shape index (κ2) is 5.64. The average molecular weight is 263 g/mol. The number of nitrogens with zero attached hydrogens (tertiary/aromatic N) is 1. The molecule has 1 N–H and O–H groups in total. The third kappa shape index (κ3) is 3.07. The second-order valence-corrected chi connectivity index (χ2v) is 4.61. The van der Waals surface area contributed by atoms with Crippen molar-refractivity contribution < 1.29 is 14.3 Å². The van der Waals surface area contributed by atoms with E-state index < -0.39 is 5.97 Å². The van der Waals surface area contributed by atoms with Crippen LogP contribution in [0.5, 0.6) is 0 Å². The zero-order valence-electron chi connectivity index (χ0n) is 9.34. The third-order valence-corrected chi connectivity index (χ3v) is 3.36. The maximum atomic E-state index is 12.7. The summed E-state index contributed by atoms with van der Waals surface area (Å²) in [6.07, 6.45) is 1.45. The van der Waals surface area contributed by atoms with Crippen LogP contribution in [0.2, 0.25) is 0 Å². The summed E-state index contributed by atoms with van der Waals surface area (Å²) in [6.45, 7) is 0. The van der Waals surface area contributed by atoms with E-state index in [2.05, 4.69) is 4.98 Å². The van der Waals surface area contributed by atoms with Crippen molar-refractivity contribution in [1.29, 1.82) is 0 Å². The molecular weight excluding hydrogens is 253 g/mol. The molecule has 0 fully saturated rings. The molecule has 0 unspecified atom stereocenters. The molecule has 0 saturated heterocycles. The van der Waals surface area contributed by atoms with E-state index in [0.29, 0.717) is 11.3 Å². The molecule has 5 heteroatoms. The molecule has 0 atom stereocenters. The number of carboxylic acids is 1. The Morgan fingerprint density at radius 3 is 2.67 bits per heavy atom. The number of halogens is 1. The highest BCUT2D eigenvalue weighted by Crippen LogP contribution is 2.23. The number of aromatic carboxylic acids is 1. The first kappa shape index (κ1) is 12.6. The molecule has 1 aromatic carbocycles. The van der Waals surface area contributed by atoms with Crippen molar-refractivity contribution in [2.24, 2.45) is 0 Å². The number of carboxylic acid groups (broad SMARTS) is 1. The van der Waals surface area contributed by atoms with Gasteiger partial charge in [-0.2, -0.15) is 0 Å². The van der Waals surface area contributed by atoms with Crippen LogP contribution < -0.4 is 0 Å². The quantitative estimate of drug-likeness (QED) is 0.860. The fraction of sp³-hybridized carbons (Fsp3) is 0.0769. The summed E-state index contributed by atoms with van der Waals surface area (Å²) in [5.41, 5.74) is 0.714. The first-order chi connectivity index (χ1) is 8.66. The van der Waals surface area contributed by atoms with Crippen LogP contribution in [0.3, 0.4) is 0 Å². The molecule has 3 nitrogen and oxygen atoms in total. The summed E-state index contributed by atoms with van der Waals surface area (Å²) in [7, 11) is 0. The predicted octanol–water partition coefficient (Wildman–Crippen LogP) is 3.21. The van der Waals surface area contributed by atoms with Crippen molar-refractivity contribution in [3.05, 3.63) is 59.7 Å². The minimum Gasteiger partial charge on any atom is -0.477 e. The van der Waals surface area contributed by atoms with E-state index in [1.54, 1.807) is 24.3 Å². The zero-order chi connectivity index (χ0) is 13.0. The maximum absolute atomic E-state index is 12.7. The molecule has 0 bridgehead atoms. The highest BCUT2D eigenvalue weighted by Gasteiger charge is 2.10. The Labute approximate surface area is 108 Å². The van der Waals surface area contributed by atoms with Crippen LogP contribution in [0.4, 0.5) is 4.39 Å². The lowest BCUT2D eigenvalue weighted by atomic mass is 10.2. The molecular formula is C13H10FNO2S. The van der Waals surface area contributed by atoms with Crippen molar-refractivity contribution in [3.8, 4) is 0 Å². The summed E-state index contributed by atoms with van der Waals surface area (Å²) in [5, 5.41) is 8.98. The van der Waals surface area contributed by atoms with Crippen LogP contribution in [0, 0.1) is 5.82 Å². The highest BCUT2D eigenvalue weighted by atomic mass is 32.2. The molecule has 0 aliphatic heterocycles. The second-order valence-electron chi connectivity index (χ2n) is 3.56. The Morgan fingerprint density at radius 2 is 2.00 bits per heavy atom. The molecule has 2 aromatic rings. The van der Waals surface area contributed by atoms with Gasteiger partial charge in [-0.05, 0) is 35.9 Å². The van der Waals surface area contributed by atoms with E-state index in [4.69, 9.17) is 5.11 Å². The molecule has 2 rings (SSSR count). The molecule has 0 aliphatic carbocycles. The van der Waals surface area contributed by atoms with Crippen molar-refractivity contribution in [2.45, 2.75) is 10.6 Å². The largest absolute Gasteiger partial charge is 0.477 e. The fourth-order valence-electron chi connectivity index (χ4n) is 1.44. The molecule has 0 aliphatic rings. The van der Waals surface area contributed by atoms with Crippen LogP contribution in [0.15, 0.2) is 47.5 Å². The van der Waals surface area contributed by atoms with Gasteiger partial charge in [0.15, 0.2) is 5.69 Å². The normalized spacial score (nSPS) is 10.3. The van der Waals surface area contributed by atoms with E-state index in [-0.39, 0.29) is 11.5 Å². The summed E-state index contributed by atoms with van der Waals surface area (Å²) in [6, 6.07) is 9.51. The Kier molecular flexibility index (Phi) is 3.94. The van der Waals surface area contributed by atoms with Crippen LogP contribution >= 0.6 is 11.8 Å². The minimum absolute atomic E-state index is 0.0621. The van der Waals surface area contributed by atoms with Gasteiger partial charge in [0, 0.05) is 16.8 Å². The van der Waals surface area contributed by atoms with E-state index in [1.165, 1.54) is 30.1 Å².